The average Bonchev–Trinajstić information content (AvgIpc) is 3.39. The second kappa shape index (κ2) is 10.3. The standard InChI is InChI=1S/C26H27FN6O3/c1-36-14-13-33-22-16-29-26(31-23(22)32-12-2-3-21(32)25(33)35)28-15-17-4-10-20(11-5-17)30-24(34)18-6-8-19(27)9-7-18/h4-11,16,21H,2-3,12-15H2,1H3,(H,30,34)(H,28,29,31)/t21-/m0/s1. The van der Waals surface area contributed by atoms with Gasteiger partial charge in [-0.25, -0.2) is 9.37 Å². The number of carbonyl (C=O) groups excluding carboxylic acids is 2. The highest BCUT2D eigenvalue weighted by Crippen LogP contribution is 2.38. The van der Waals surface area contributed by atoms with Crippen molar-refractivity contribution in [1.29, 1.82) is 0 Å². The first-order valence-electron chi connectivity index (χ1n) is 11.9. The predicted molar refractivity (Wildman–Crippen MR) is 135 cm³/mol. The zero-order chi connectivity index (χ0) is 25.1. The number of anilines is 4. The lowest BCUT2D eigenvalue weighted by Crippen LogP contribution is -2.52. The molecule has 36 heavy (non-hydrogen) atoms. The molecule has 2 N–H and O–H groups in total. The van der Waals surface area contributed by atoms with Gasteiger partial charge in [0.05, 0.1) is 12.8 Å². The second-order valence-electron chi connectivity index (χ2n) is 8.75. The van der Waals surface area contributed by atoms with Gasteiger partial charge in [0, 0.05) is 38.0 Å². The van der Waals surface area contributed by atoms with E-state index in [2.05, 4.69) is 20.5 Å². The molecule has 1 aromatic heterocycles. The van der Waals surface area contributed by atoms with Crippen LogP contribution >= 0.6 is 0 Å². The lowest BCUT2D eigenvalue weighted by atomic mass is 10.1. The Hall–Kier alpha value is -4.05. The van der Waals surface area contributed by atoms with Gasteiger partial charge in [-0.1, -0.05) is 12.1 Å². The highest BCUT2D eigenvalue weighted by Gasteiger charge is 2.41. The van der Waals surface area contributed by atoms with E-state index in [1.165, 1.54) is 24.3 Å². The normalized spacial score (nSPS) is 16.5. The van der Waals surface area contributed by atoms with E-state index in [1.807, 2.05) is 12.1 Å². The number of halogens is 1. The fourth-order valence-corrected chi connectivity index (χ4v) is 4.53. The van der Waals surface area contributed by atoms with Gasteiger partial charge in [-0.15, -0.1) is 0 Å². The van der Waals surface area contributed by atoms with Crippen molar-refractivity contribution in [2.24, 2.45) is 0 Å². The molecule has 0 unspecified atom stereocenters. The fourth-order valence-electron chi connectivity index (χ4n) is 4.53. The smallest absolute Gasteiger partial charge is 0.255 e. The third-order valence-electron chi connectivity index (χ3n) is 6.40. The van der Waals surface area contributed by atoms with Gasteiger partial charge in [-0.05, 0) is 54.8 Å². The monoisotopic (exact) mass is 490 g/mol. The number of nitrogens with zero attached hydrogens (tertiary/aromatic N) is 4. The number of benzene rings is 2. The number of amides is 2. The van der Waals surface area contributed by atoms with Gasteiger partial charge in [-0.2, -0.15) is 4.98 Å². The summed E-state index contributed by atoms with van der Waals surface area (Å²) in [6, 6.07) is 12.6. The molecule has 0 bridgehead atoms. The molecule has 10 heteroatoms. The average molecular weight is 491 g/mol. The van der Waals surface area contributed by atoms with E-state index < -0.39 is 0 Å². The van der Waals surface area contributed by atoms with Crippen LogP contribution in [0.25, 0.3) is 0 Å². The lowest BCUT2D eigenvalue weighted by molar-refractivity contribution is -0.120. The molecule has 0 spiro atoms. The number of ether oxygens (including phenoxy) is 1. The van der Waals surface area contributed by atoms with Crippen LogP contribution in [0.2, 0.25) is 0 Å². The molecule has 3 aromatic rings. The molecular formula is C26H27FN6O3. The van der Waals surface area contributed by atoms with Crippen molar-refractivity contribution < 1.29 is 18.7 Å². The molecule has 2 amide bonds. The largest absolute Gasteiger partial charge is 0.383 e. The molecule has 2 aromatic carbocycles. The Morgan fingerprint density at radius 2 is 1.94 bits per heavy atom. The van der Waals surface area contributed by atoms with E-state index in [4.69, 9.17) is 9.72 Å². The SMILES string of the molecule is COCCN1C(=O)[C@@H]2CCCN2c2nc(NCc3ccc(NC(=O)c4ccc(F)cc4)cc3)ncc21. The van der Waals surface area contributed by atoms with Gasteiger partial charge in [0.25, 0.3) is 5.91 Å². The van der Waals surface area contributed by atoms with Gasteiger partial charge in [-0.3, -0.25) is 9.59 Å². The van der Waals surface area contributed by atoms with Crippen molar-refractivity contribution in [3.8, 4) is 0 Å². The van der Waals surface area contributed by atoms with Crippen LogP contribution in [-0.2, 0) is 16.1 Å². The summed E-state index contributed by atoms with van der Waals surface area (Å²) in [5.41, 5.74) is 2.71. The molecule has 2 aliphatic rings. The lowest BCUT2D eigenvalue weighted by Gasteiger charge is -2.38. The van der Waals surface area contributed by atoms with Crippen molar-refractivity contribution >= 4 is 35.0 Å². The van der Waals surface area contributed by atoms with E-state index in [1.54, 1.807) is 30.3 Å². The van der Waals surface area contributed by atoms with Crippen LogP contribution in [-0.4, -0.2) is 54.6 Å². The molecule has 0 radical (unpaired) electrons. The van der Waals surface area contributed by atoms with Crippen LogP contribution < -0.4 is 20.4 Å². The Morgan fingerprint density at radius 3 is 2.69 bits per heavy atom. The molecule has 0 saturated carbocycles. The Kier molecular flexibility index (Phi) is 6.77. The topological polar surface area (TPSA) is 99.7 Å². The van der Waals surface area contributed by atoms with Crippen LogP contribution in [0.3, 0.4) is 0 Å². The van der Waals surface area contributed by atoms with E-state index >= 15 is 0 Å². The van der Waals surface area contributed by atoms with E-state index in [-0.39, 0.29) is 23.7 Å². The van der Waals surface area contributed by atoms with Crippen molar-refractivity contribution in [1.82, 2.24) is 9.97 Å². The van der Waals surface area contributed by atoms with Gasteiger partial charge in [0.15, 0.2) is 5.82 Å². The summed E-state index contributed by atoms with van der Waals surface area (Å²) in [5.74, 6) is 0.636. The fraction of sp³-hybridized carbons (Fsp3) is 0.308. The zero-order valence-corrected chi connectivity index (χ0v) is 19.9. The first-order valence-corrected chi connectivity index (χ1v) is 11.9. The van der Waals surface area contributed by atoms with E-state index in [0.29, 0.717) is 42.6 Å². The van der Waals surface area contributed by atoms with Crippen molar-refractivity contribution in [2.75, 3.05) is 47.2 Å². The van der Waals surface area contributed by atoms with Crippen LogP contribution in [0, 0.1) is 5.82 Å². The molecule has 2 aliphatic heterocycles. The maximum absolute atomic E-state index is 13.1. The molecule has 186 valence electrons. The summed E-state index contributed by atoms with van der Waals surface area (Å²) in [7, 11) is 1.62. The number of methoxy groups -OCH3 is 1. The molecule has 1 atom stereocenters. The Labute approximate surface area is 208 Å². The number of aromatic nitrogens is 2. The Balaban J connectivity index is 1.24. The predicted octanol–water partition coefficient (Wildman–Crippen LogP) is 3.44. The Bertz CT molecular complexity index is 1250. The summed E-state index contributed by atoms with van der Waals surface area (Å²) in [6.07, 6.45) is 3.46. The molecular weight excluding hydrogens is 463 g/mol. The number of rotatable bonds is 8. The van der Waals surface area contributed by atoms with Crippen molar-refractivity contribution in [3.63, 3.8) is 0 Å². The summed E-state index contributed by atoms with van der Waals surface area (Å²) < 4.78 is 18.3. The number of fused-ring (bicyclic) bond motifs is 3. The summed E-state index contributed by atoms with van der Waals surface area (Å²) in [6.45, 7) is 2.19. The number of hydrogen-bond donors (Lipinski definition) is 2. The highest BCUT2D eigenvalue weighted by molar-refractivity contribution is 6.05. The first kappa shape index (κ1) is 23.7. The molecule has 0 aliphatic carbocycles. The quantitative estimate of drug-likeness (QED) is 0.499. The highest BCUT2D eigenvalue weighted by atomic mass is 19.1. The zero-order valence-electron chi connectivity index (χ0n) is 19.9. The number of hydrogen-bond acceptors (Lipinski definition) is 7. The first-order chi connectivity index (χ1) is 17.5. The maximum atomic E-state index is 13.1. The molecule has 5 rings (SSSR count). The van der Waals surface area contributed by atoms with Gasteiger partial charge in [0.1, 0.15) is 17.5 Å². The maximum Gasteiger partial charge on any atom is 0.255 e. The minimum absolute atomic E-state index is 0.0768. The molecule has 9 nitrogen and oxygen atoms in total. The van der Waals surface area contributed by atoms with Gasteiger partial charge in [0.2, 0.25) is 11.9 Å². The van der Waals surface area contributed by atoms with Crippen LogP contribution in [0.15, 0.2) is 54.7 Å². The van der Waals surface area contributed by atoms with Crippen LogP contribution in [0.1, 0.15) is 28.8 Å². The van der Waals surface area contributed by atoms with Crippen molar-refractivity contribution in [2.45, 2.75) is 25.4 Å². The van der Waals surface area contributed by atoms with Gasteiger partial charge < -0.3 is 25.2 Å². The summed E-state index contributed by atoms with van der Waals surface area (Å²) in [4.78, 5) is 38.3. The van der Waals surface area contributed by atoms with E-state index in [0.717, 1.165) is 30.8 Å². The second-order valence-corrected chi connectivity index (χ2v) is 8.75. The summed E-state index contributed by atoms with van der Waals surface area (Å²) in [5, 5.41) is 6.05. The van der Waals surface area contributed by atoms with E-state index in [9.17, 15) is 14.0 Å². The molecule has 3 heterocycles. The molecule has 1 saturated heterocycles. The van der Waals surface area contributed by atoms with Crippen molar-refractivity contribution in [3.05, 3.63) is 71.7 Å². The number of carbonyl (C=O) groups is 2. The minimum Gasteiger partial charge on any atom is -0.383 e. The Morgan fingerprint density at radius 1 is 1.17 bits per heavy atom. The number of nitrogens with one attached hydrogen (secondary N) is 2. The third kappa shape index (κ3) is 4.85. The van der Waals surface area contributed by atoms with Crippen LogP contribution in [0.4, 0.5) is 27.5 Å². The summed E-state index contributed by atoms with van der Waals surface area (Å²) >= 11 is 0. The minimum atomic E-state index is -0.386. The van der Waals surface area contributed by atoms with Crippen LogP contribution in [0.5, 0.6) is 0 Å². The third-order valence-corrected chi connectivity index (χ3v) is 6.40. The van der Waals surface area contributed by atoms with Gasteiger partial charge >= 0.3 is 0 Å². The molecule has 1 fully saturated rings.